The van der Waals surface area contributed by atoms with Crippen molar-refractivity contribution in [1.82, 2.24) is 5.32 Å². The van der Waals surface area contributed by atoms with Crippen LogP contribution in [0.1, 0.15) is 19.4 Å². The maximum absolute atomic E-state index is 5.82. The summed E-state index contributed by atoms with van der Waals surface area (Å²) in [5.41, 5.74) is 7.04. The Bertz CT molecular complexity index is 211. The minimum absolute atomic E-state index is 0.115. The predicted octanol–water partition coefficient (Wildman–Crippen LogP) is 1.57. The van der Waals surface area contributed by atoms with Crippen molar-refractivity contribution in [2.45, 2.75) is 25.9 Å². The second-order valence-corrected chi connectivity index (χ2v) is 4.50. The van der Waals surface area contributed by atoms with Gasteiger partial charge in [-0.2, -0.15) is 11.3 Å². The smallest absolute Gasteiger partial charge is 0.0223 e. The van der Waals surface area contributed by atoms with Crippen LogP contribution in [0.15, 0.2) is 16.8 Å². The number of thiophene rings is 1. The standard InChI is InChI=1S/C9H16N2S/c1-9(2,10)7-11-5-8-3-4-12-6-8/h3-4,6,11H,5,7,10H2,1-2H3. The van der Waals surface area contributed by atoms with Gasteiger partial charge in [0, 0.05) is 18.6 Å². The van der Waals surface area contributed by atoms with Crippen LogP contribution in [0.3, 0.4) is 0 Å². The van der Waals surface area contributed by atoms with Crippen LogP contribution in [0.25, 0.3) is 0 Å². The highest BCUT2D eigenvalue weighted by atomic mass is 32.1. The van der Waals surface area contributed by atoms with Crippen LogP contribution in [0.2, 0.25) is 0 Å². The molecule has 0 unspecified atom stereocenters. The molecule has 0 fully saturated rings. The van der Waals surface area contributed by atoms with Crippen LogP contribution in [-0.2, 0) is 6.54 Å². The third-order valence-corrected chi connectivity index (χ3v) is 2.22. The fourth-order valence-corrected chi connectivity index (χ4v) is 1.59. The van der Waals surface area contributed by atoms with Gasteiger partial charge < -0.3 is 11.1 Å². The van der Waals surface area contributed by atoms with Gasteiger partial charge in [0.15, 0.2) is 0 Å². The van der Waals surface area contributed by atoms with Gasteiger partial charge in [0.1, 0.15) is 0 Å². The van der Waals surface area contributed by atoms with Gasteiger partial charge in [0.2, 0.25) is 0 Å². The van der Waals surface area contributed by atoms with Gasteiger partial charge in [-0.25, -0.2) is 0 Å². The zero-order valence-electron chi connectivity index (χ0n) is 7.63. The first kappa shape index (κ1) is 9.71. The Morgan fingerprint density at radius 3 is 2.83 bits per heavy atom. The lowest BCUT2D eigenvalue weighted by Crippen LogP contribution is -2.42. The van der Waals surface area contributed by atoms with Gasteiger partial charge in [-0.05, 0) is 36.2 Å². The number of rotatable bonds is 4. The maximum atomic E-state index is 5.82. The number of nitrogens with two attached hydrogens (primary N) is 1. The third kappa shape index (κ3) is 3.85. The summed E-state index contributed by atoms with van der Waals surface area (Å²) in [5, 5.41) is 7.55. The van der Waals surface area contributed by atoms with Crippen molar-refractivity contribution in [2.24, 2.45) is 5.73 Å². The molecule has 1 aromatic heterocycles. The van der Waals surface area contributed by atoms with Crippen LogP contribution < -0.4 is 11.1 Å². The highest BCUT2D eigenvalue weighted by Gasteiger charge is 2.08. The molecule has 0 aliphatic heterocycles. The van der Waals surface area contributed by atoms with E-state index >= 15 is 0 Å². The molecule has 0 saturated heterocycles. The fourth-order valence-electron chi connectivity index (χ4n) is 0.922. The Morgan fingerprint density at radius 1 is 1.58 bits per heavy atom. The maximum Gasteiger partial charge on any atom is 0.0223 e. The fraction of sp³-hybridized carbons (Fsp3) is 0.556. The highest BCUT2D eigenvalue weighted by molar-refractivity contribution is 7.07. The lowest BCUT2D eigenvalue weighted by molar-refractivity contribution is 0.467. The first-order valence-corrected chi connectivity index (χ1v) is 5.03. The summed E-state index contributed by atoms with van der Waals surface area (Å²) in [4.78, 5) is 0. The van der Waals surface area contributed by atoms with Crippen molar-refractivity contribution < 1.29 is 0 Å². The summed E-state index contributed by atoms with van der Waals surface area (Å²) in [6, 6.07) is 2.13. The summed E-state index contributed by atoms with van der Waals surface area (Å²) in [6.45, 7) is 5.81. The first-order valence-electron chi connectivity index (χ1n) is 4.08. The van der Waals surface area contributed by atoms with Gasteiger partial charge in [-0.15, -0.1) is 0 Å². The van der Waals surface area contributed by atoms with Gasteiger partial charge in [-0.1, -0.05) is 0 Å². The van der Waals surface area contributed by atoms with E-state index in [2.05, 4.69) is 22.1 Å². The molecule has 0 aliphatic carbocycles. The van der Waals surface area contributed by atoms with E-state index in [9.17, 15) is 0 Å². The molecule has 0 amide bonds. The van der Waals surface area contributed by atoms with Gasteiger partial charge >= 0.3 is 0 Å². The molecule has 0 saturated carbocycles. The monoisotopic (exact) mass is 184 g/mol. The molecule has 1 rings (SSSR count). The molecule has 0 bridgehead atoms. The van der Waals surface area contributed by atoms with Crippen LogP contribution >= 0.6 is 11.3 Å². The zero-order valence-corrected chi connectivity index (χ0v) is 8.45. The van der Waals surface area contributed by atoms with E-state index in [1.165, 1.54) is 5.56 Å². The second kappa shape index (κ2) is 4.03. The van der Waals surface area contributed by atoms with Crippen LogP contribution in [0, 0.1) is 0 Å². The van der Waals surface area contributed by atoms with Crippen LogP contribution in [-0.4, -0.2) is 12.1 Å². The normalized spacial score (nSPS) is 11.9. The molecule has 68 valence electrons. The van der Waals surface area contributed by atoms with E-state index in [-0.39, 0.29) is 5.54 Å². The molecular formula is C9H16N2S. The lowest BCUT2D eigenvalue weighted by Gasteiger charge is -2.18. The quantitative estimate of drug-likeness (QED) is 0.745. The average molecular weight is 184 g/mol. The summed E-state index contributed by atoms with van der Waals surface area (Å²) < 4.78 is 0. The van der Waals surface area contributed by atoms with Crippen molar-refractivity contribution in [3.8, 4) is 0 Å². The minimum atomic E-state index is -0.115. The number of hydrogen-bond donors (Lipinski definition) is 2. The van der Waals surface area contributed by atoms with Gasteiger partial charge in [-0.3, -0.25) is 0 Å². The second-order valence-electron chi connectivity index (χ2n) is 3.72. The van der Waals surface area contributed by atoms with E-state index in [0.29, 0.717) is 0 Å². The Labute approximate surface area is 77.8 Å². The summed E-state index contributed by atoms with van der Waals surface area (Å²) >= 11 is 1.73. The average Bonchev–Trinajstić information content (AvgIpc) is 2.36. The van der Waals surface area contributed by atoms with Crippen molar-refractivity contribution in [3.05, 3.63) is 22.4 Å². The van der Waals surface area contributed by atoms with E-state index < -0.39 is 0 Å². The van der Waals surface area contributed by atoms with Crippen molar-refractivity contribution in [2.75, 3.05) is 6.54 Å². The van der Waals surface area contributed by atoms with Gasteiger partial charge in [0.25, 0.3) is 0 Å². The Balaban J connectivity index is 2.20. The zero-order chi connectivity index (χ0) is 9.03. The molecule has 3 N–H and O–H groups in total. The Kier molecular flexibility index (Phi) is 3.26. The minimum Gasteiger partial charge on any atom is -0.324 e. The van der Waals surface area contributed by atoms with Crippen LogP contribution in [0.5, 0.6) is 0 Å². The summed E-state index contributed by atoms with van der Waals surface area (Å²) in [5.74, 6) is 0. The van der Waals surface area contributed by atoms with Crippen molar-refractivity contribution in [3.63, 3.8) is 0 Å². The molecule has 1 heterocycles. The topological polar surface area (TPSA) is 38.0 Å². The summed E-state index contributed by atoms with van der Waals surface area (Å²) in [7, 11) is 0. The predicted molar refractivity (Wildman–Crippen MR) is 54.3 cm³/mol. The van der Waals surface area contributed by atoms with E-state index in [1.54, 1.807) is 11.3 Å². The molecule has 12 heavy (non-hydrogen) atoms. The number of nitrogens with one attached hydrogen (secondary N) is 1. The molecule has 0 aromatic carbocycles. The molecule has 0 aliphatic rings. The van der Waals surface area contributed by atoms with E-state index in [1.807, 2.05) is 13.8 Å². The van der Waals surface area contributed by atoms with E-state index in [4.69, 9.17) is 5.73 Å². The lowest BCUT2D eigenvalue weighted by atomic mass is 10.1. The largest absolute Gasteiger partial charge is 0.324 e. The highest BCUT2D eigenvalue weighted by Crippen LogP contribution is 2.05. The van der Waals surface area contributed by atoms with E-state index in [0.717, 1.165) is 13.1 Å². The number of hydrogen-bond acceptors (Lipinski definition) is 3. The van der Waals surface area contributed by atoms with Crippen molar-refractivity contribution >= 4 is 11.3 Å². The molecule has 0 radical (unpaired) electrons. The molecule has 0 spiro atoms. The summed E-state index contributed by atoms with van der Waals surface area (Å²) in [6.07, 6.45) is 0. The Hall–Kier alpha value is -0.380. The first-order chi connectivity index (χ1) is 5.58. The SMILES string of the molecule is CC(C)(N)CNCc1ccsc1. The molecule has 3 heteroatoms. The molecule has 2 nitrogen and oxygen atoms in total. The third-order valence-electron chi connectivity index (χ3n) is 1.49. The van der Waals surface area contributed by atoms with Crippen LogP contribution in [0.4, 0.5) is 0 Å². The Morgan fingerprint density at radius 2 is 2.33 bits per heavy atom. The van der Waals surface area contributed by atoms with Crippen molar-refractivity contribution in [1.29, 1.82) is 0 Å². The van der Waals surface area contributed by atoms with Gasteiger partial charge in [0.05, 0.1) is 0 Å². The molecule has 0 atom stereocenters. The molecular weight excluding hydrogens is 168 g/mol. The molecule has 1 aromatic rings.